The second kappa shape index (κ2) is 1.77. The Hall–Kier alpha value is -1.16. The largest absolute Gasteiger partial charge is 0.386 e. The first-order chi connectivity index (χ1) is 5.77. The van der Waals surface area contributed by atoms with Crippen LogP contribution in [-0.2, 0) is 19.1 Å². The van der Waals surface area contributed by atoms with Crippen molar-refractivity contribution in [1.29, 1.82) is 0 Å². The van der Waals surface area contributed by atoms with E-state index in [-0.39, 0.29) is 12.0 Å². The van der Waals surface area contributed by atoms with Gasteiger partial charge in [-0.15, -0.1) is 0 Å². The molecule has 2 bridgehead atoms. The summed E-state index contributed by atoms with van der Waals surface area (Å²) in [5.74, 6) is -0.836. The molecule has 0 aromatic carbocycles. The van der Waals surface area contributed by atoms with Crippen LogP contribution in [0.25, 0.3) is 0 Å². The Balaban J connectivity index is 2.18. The van der Waals surface area contributed by atoms with Crippen molar-refractivity contribution in [2.75, 3.05) is 6.61 Å². The zero-order chi connectivity index (χ0) is 8.29. The fraction of sp³-hybridized carbons (Fsp3) is 0.500. The molecule has 1 fully saturated rings. The number of rotatable bonds is 0. The van der Waals surface area contributed by atoms with E-state index in [1.165, 1.54) is 0 Å². The van der Waals surface area contributed by atoms with Crippen molar-refractivity contribution in [3.63, 3.8) is 0 Å². The molecule has 0 N–H and O–H groups in total. The van der Waals surface area contributed by atoms with E-state index in [9.17, 15) is 9.59 Å². The Labute approximate surface area is 68.1 Å². The summed E-state index contributed by atoms with van der Waals surface area (Å²) in [6.07, 6.45) is 0.620. The van der Waals surface area contributed by atoms with Gasteiger partial charge in [0.05, 0.1) is 23.9 Å². The Bertz CT molecular complexity index is 298. The number of ether oxygens (including phenoxy) is 2. The molecule has 2 aliphatic heterocycles. The van der Waals surface area contributed by atoms with Gasteiger partial charge in [0.15, 0.2) is 0 Å². The lowest BCUT2D eigenvalue weighted by atomic mass is 10.0. The topological polar surface area (TPSA) is 52.6 Å². The van der Waals surface area contributed by atoms with Crippen LogP contribution >= 0.6 is 0 Å². The van der Waals surface area contributed by atoms with E-state index < -0.39 is 11.9 Å². The maximum Gasteiger partial charge on any atom is 0.345 e. The molecule has 2 atom stereocenters. The molecular weight excluding hydrogens is 160 g/mol. The average Bonchev–Trinajstić information content (AvgIpc) is 2.64. The lowest BCUT2D eigenvalue weighted by molar-refractivity contribution is -0.151. The van der Waals surface area contributed by atoms with Gasteiger partial charge in [-0.2, -0.15) is 0 Å². The highest BCUT2D eigenvalue weighted by Gasteiger charge is 2.51. The maximum absolute atomic E-state index is 11.1. The van der Waals surface area contributed by atoms with Gasteiger partial charge < -0.3 is 9.47 Å². The van der Waals surface area contributed by atoms with E-state index in [1.54, 1.807) is 0 Å². The minimum absolute atomic E-state index is 0.115. The van der Waals surface area contributed by atoms with E-state index in [0.29, 0.717) is 17.8 Å². The van der Waals surface area contributed by atoms with Crippen LogP contribution in [0.5, 0.6) is 0 Å². The molecule has 0 saturated carbocycles. The van der Waals surface area contributed by atoms with E-state index in [0.717, 1.165) is 6.42 Å². The maximum atomic E-state index is 11.1. The van der Waals surface area contributed by atoms with Crippen LogP contribution in [0.15, 0.2) is 11.1 Å². The third kappa shape index (κ3) is 0.536. The zero-order valence-electron chi connectivity index (χ0n) is 6.20. The second-order valence-corrected chi connectivity index (χ2v) is 3.26. The first kappa shape index (κ1) is 6.37. The molecule has 4 heteroatoms. The molecule has 0 spiro atoms. The zero-order valence-corrected chi connectivity index (χ0v) is 6.20. The molecule has 2 heterocycles. The predicted molar refractivity (Wildman–Crippen MR) is 36.0 cm³/mol. The highest BCUT2D eigenvalue weighted by molar-refractivity contribution is 6.14. The molecule has 3 aliphatic rings. The monoisotopic (exact) mass is 166 g/mol. The van der Waals surface area contributed by atoms with Crippen LogP contribution < -0.4 is 0 Å². The van der Waals surface area contributed by atoms with E-state index in [4.69, 9.17) is 4.74 Å². The SMILES string of the molecule is O=C1OC(=O)C2=C1[C@@H]1CO[C@H]2C1. The molecule has 3 rings (SSSR count). The summed E-state index contributed by atoms with van der Waals surface area (Å²) < 4.78 is 9.75. The Morgan fingerprint density at radius 1 is 1.17 bits per heavy atom. The molecule has 0 aromatic rings. The molecular formula is C8H6O4. The molecule has 4 nitrogen and oxygen atoms in total. The van der Waals surface area contributed by atoms with Crippen LogP contribution in [0.1, 0.15) is 6.42 Å². The summed E-state index contributed by atoms with van der Waals surface area (Å²) in [6.45, 7) is 0.561. The average molecular weight is 166 g/mol. The number of cyclic esters (lactones) is 2. The van der Waals surface area contributed by atoms with Gasteiger partial charge in [-0.25, -0.2) is 9.59 Å². The van der Waals surface area contributed by atoms with Crippen molar-refractivity contribution >= 4 is 11.9 Å². The second-order valence-electron chi connectivity index (χ2n) is 3.26. The van der Waals surface area contributed by atoms with Gasteiger partial charge in [0, 0.05) is 5.92 Å². The fourth-order valence-corrected chi connectivity index (χ4v) is 2.13. The predicted octanol–water partition coefficient (Wildman–Crippen LogP) is -0.215. The van der Waals surface area contributed by atoms with Crippen molar-refractivity contribution in [3.05, 3.63) is 11.1 Å². The molecule has 1 aliphatic carbocycles. The van der Waals surface area contributed by atoms with E-state index in [1.807, 2.05) is 0 Å². The van der Waals surface area contributed by atoms with Crippen LogP contribution in [0.2, 0.25) is 0 Å². The lowest BCUT2D eigenvalue weighted by Gasteiger charge is -2.08. The minimum atomic E-state index is -0.498. The number of carbonyl (C=O) groups is 2. The molecule has 0 amide bonds. The molecule has 1 saturated heterocycles. The number of fused-ring (bicyclic) bond motifs is 4. The van der Waals surface area contributed by atoms with Crippen LogP contribution in [0, 0.1) is 5.92 Å². The minimum Gasteiger partial charge on any atom is -0.386 e. The smallest absolute Gasteiger partial charge is 0.345 e. The van der Waals surface area contributed by atoms with Gasteiger partial charge in [0.1, 0.15) is 0 Å². The van der Waals surface area contributed by atoms with Crippen molar-refractivity contribution in [1.82, 2.24) is 0 Å². The highest BCUT2D eigenvalue weighted by atomic mass is 16.6. The van der Waals surface area contributed by atoms with Crippen molar-refractivity contribution in [2.24, 2.45) is 5.92 Å². The van der Waals surface area contributed by atoms with Gasteiger partial charge in [0.25, 0.3) is 0 Å². The van der Waals surface area contributed by atoms with Crippen LogP contribution in [-0.4, -0.2) is 24.6 Å². The summed E-state index contributed by atoms with van der Waals surface area (Å²) in [7, 11) is 0. The summed E-state index contributed by atoms with van der Waals surface area (Å²) in [5.41, 5.74) is 1.06. The normalized spacial score (nSPS) is 37.7. The molecule has 0 unspecified atom stereocenters. The van der Waals surface area contributed by atoms with Crippen LogP contribution in [0.3, 0.4) is 0 Å². The highest BCUT2D eigenvalue weighted by Crippen LogP contribution is 2.44. The standard InChI is InChI=1S/C8H6O4/c9-7-5-3-1-4(11-2-3)6(5)8(10)12-7/h3-4H,1-2H2/t3-,4-/m0/s1. The van der Waals surface area contributed by atoms with Crippen LogP contribution in [0.4, 0.5) is 0 Å². The first-order valence-corrected chi connectivity index (χ1v) is 3.89. The lowest BCUT2D eigenvalue weighted by Crippen LogP contribution is -2.15. The number of hydrogen-bond acceptors (Lipinski definition) is 4. The van der Waals surface area contributed by atoms with Gasteiger partial charge in [-0.05, 0) is 6.42 Å². The van der Waals surface area contributed by atoms with Gasteiger partial charge in [-0.3, -0.25) is 0 Å². The summed E-state index contributed by atoms with van der Waals surface area (Å²) in [5, 5.41) is 0. The van der Waals surface area contributed by atoms with E-state index in [2.05, 4.69) is 4.74 Å². The fourth-order valence-electron chi connectivity index (χ4n) is 2.13. The number of hydrogen-bond donors (Lipinski definition) is 0. The van der Waals surface area contributed by atoms with Gasteiger partial charge >= 0.3 is 11.9 Å². The summed E-state index contributed by atoms with van der Waals surface area (Å²) >= 11 is 0. The van der Waals surface area contributed by atoms with Gasteiger partial charge in [0.2, 0.25) is 0 Å². The van der Waals surface area contributed by atoms with Crippen molar-refractivity contribution in [2.45, 2.75) is 12.5 Å². The molecule has 62 valence electrons. The van der Waals surface area contributed by atoms with Crippen molar-refractivity contribution in [3.8, 4) is 0 Å². The van der Waals surface area contributed by atoms with Crippen molar-refractivity contribution < 1.29 is 19.1 Å². The Morgan fingerprint density at radius 2 is 1.92 bits per heavy atom. The quantitative estimate of drug-likeness (QED) is 0.369. The number of esters is 2. The first-order valence-electron chi connectivity index (χ1n) is 3.89. The molecule has 0 aromatic heterocycles. The third-order valence-corrected chi connectivity index (χ3v) is 2.64. The number of carbonyl (C=O) groups excluding carboxylic acids is 2. The molecule has 0 radical (unpaired) electrons. The Kier molecular flexibility index (Phi) is 0.939. The molecule has 12 heavy (non-hydrogen) atoms. The van der Waals surface area contributed by atoms with E-state index >= 15 is 0 Å². The van der Waals surface area contributed by atoms with Gasteiger partial charge in [-0.1, -0.05) is 0 Å². The summed E-state index contributed by atoms with van der Waals surface area (Å²) in [6, 6.07) is 0. The summed E-state index contributed by atoms with van der Waals surface area (Å²) in [4.78, 5) is 22.2. The third-order valence-electron chi connectivity index (χ3n) is 2.64. The Morgan fingerprint density at radius 3 is 2.67 bits per heavy atom.